The molecular formula is C18H26N2O3. The average Bonchev–Trinajstić information content (AvgIpc) is 3.13. The lowest BCUT2D eigenvalue weighted by molar-refractivity contribution is -0.116. The summed E-state index contributed by atoms with van der Waals surface area (Å²) in [5, 5.41) is 3.00. The molecule has 0 bridgehead atoms. The van der Waals surface area contributed by atoms with E-state index in [9.17, 15) is 4.79 Å². The maximum atomic E-state index is 11.8. The van der Waals surface area contributed by atoms with E-state index in [-0.39, 0.29) is 5.91 Å². The van der Waals surface area contributed by atoms with Gasteiger partial charge in [-0.2, -0.15) is 0 Å². The van der Waals surface area contributed by atoms with Crippen LogP contribution < -0.4 is 5.32 Å². The van der Waals surface area contributed by atoms with Crippen LogP contribution in [-0.4, -0.2) is 49.7 Å². The summed E-state index contributed by atoms with van der Waals surface area (Å²) in [6.07, 6.45) is 9.50. The minimum Gasteiger partial charge on any atom is -0.465 e. The van der Waals surface area contributed by atoms with Crippen molar-refractivity contribution in [1.82, 2.24) is 10.2 Å². The van der Waals surface area contributed by atoms with Crippen molar-refractivity contribution in [3.63, 3.8) is 0 Å². The fourth-order valence-electron chi connectivity index (χ4n) is 3.42. The van der Waals surface area contributed by atoms with Crippen molar-refractivity contribution in [2.75, 3.05) is 32.8 Å². The Bertz CT molecular complexity index is 498. The van der Waals surface area contributed by atoms with Crippen LogP contribution in [0.2, 0.25) is 0 Å². The highest BCUT2D eigenvalue weighted by molar-refractivity contribution is 5.91. The summed E-state index contributed by atoms with van der Waals surface area (Å²) in [5.41, 5.74) is 0. The molecule has 0 atom stereocenters. The summed E-state index contributed by atoms with van der Waals surface area (Å²) in [6.45, 7) is 4.87. The van der Waals surface area contributed by atoms with Gasteiger partial charge in [0.15, 0.2) is 0 Å². The Morgan fingerprint density at radius 2 is 2.04 bits per heavy atom. The molecule has 0 aromatic carbocycles. The first-order valence-corrected chi connectivity index (χ1v) is 8.62. The van der Waals surface area contributed by atoms with Crippen molar-refractivity contribution in [3.05, 3.63) is 30.2 Å². The molecule has 3 rings (SSSR count). The molecule has 0 unspecified atom stereocenters. The number of nitrogens with zero attached hydrogens (tertiary/aromatic N) is 1. The molecule has 5 nitrogen and oxygen atoms in total. The molecule has 23 heavy (non-hydrogen) atoms. The van der Waals surface area contributed by atoms with E-state index < -0.39 is 0 Å². The molecule has 0 saturated carbocycles. The number of ether oxygens (including phenoxy) is 1. The van der Waals surface area contributed by atoms with E-state index in [1.165, 1.54) is 31.8 Å². The Hall–Kier alpha value is -1.59. The molecule has 0 spiro atoms. The highest BCUT2D eigenvalue weighted by Gasteiger charge is 2.26. The second kappa shape index (κ2) is 8.31. The smallest absolute Gasteiger partial charge is 0.244 e. The van der Waals surface area contributed by atoms with Crippen molar-refractivity contribution < 1.29 is 13.9 Å². The number of likely N-dealkylation sites (tertiary alicyclic amines) is 1. The molecule has 0 radical (unpaired) electrons. The quantitative estimate of drug-likeness (QED) is 0.847. The van der Waals surface area contributed by atoms with Crippen molar-refractivity contribution in [2.45, 2.75) is 31.7 Å². The van der Waals surface area contributed by atoms with Gasteiger partial charge in [-0.1, -0.05) is 0 Å². The Morgan fingerprint density at radius 3 is 2.74 bits per heavy atom. The zero-order valence-corrected chi connectivity index (χ0v) is 13.6. The number of furan rings is 1. The van der Waals surface area contributed by atoms with Crippen molar-refractivity contribution in [2.24, 2.45) is 5.92 Å². The number of rotatable bonds is 5. The molecule has 1 N–H and O–H groups in total. The largest absolute Gasteiger partial charge is 0.465 e. The molecule has 0 aliphatic carbocycles. The lowest BCUT2D eigenvalue weighted by atomic mass is 9.94. The number of hydrogen-bond donors (Lipinski definition) is 1. The monoisotopic (exact) mass is 318 g/mol. The van der Waals surface area contributed by atoms with Gasteiger partial charge in [-0.05, 0) is 62.9 Å². The number of carbonyl (C=O) groups excluding carboxylic acids is 1. The van der Waals surface area contributed by atoms with Gasteiger partial charge in [0, 0.05) is 31.9 Å². The Morgan fingerprint density at radius 1 is 1.26 bits per heavy atom. The number of amides is 1. The zero-order chi connectivity index (χ0) is 15.9. The molecule has 126 valence electrons. The minimum atomic E-state index is -0.0479. The number of hydrogen-bond acceptors (Lipinski definition) is 4. The predicted octanol–water partition coefficient (Wildman–Crippen LogP) is 2.30. The van der Waals surface area contributed by atoms with Crippen LogP contribution in [0.5, 0.6) is 0 Å². The summed E-state index contributed by atoms with van der Waals surface area (Å²) in [6, 6.07) is 4.34. The minimum absolute atomic E-state index is 0.0479. The lowest BCUT2D eigenvalue weighted by Gasteiger charge is -2.39. The number of nitrogens with one attached hydrogen (secondary N) is 1. The van der Waals surface area contributed by atoms with Gasteiger partial charge in [0.25, 0.3) is 0 Å². The standard InChI is InChI=1S/C18H26N2O3/c21-18(4-3-17-2-1-11-23-17)19-14-15-5-9-20(10-6-15)16-7-12-22-13-8-16/h1-4,11,15-16H,5-10,12-14H2,(H,19,21)/b4-3+. The second-order valence-corrected chi connectivity index (χ2v) is 6.42. The van der Waals surface area contributed by atoms with Crippen molar-refractivity contribution >= 4 is 12.0 Å². The van der Waals surface area contributed by atoms with Gasteiger partial charge in [-0.15, -0.1) is 0 Å². The van der Waals surface area contributed by atoms with E-state index in [2.05, 4.69) is 10.2 Å². The normalized spacial score (nSPS) is 21.7. The van der Waals surface area contributed by atoms with E-state index in [0.717, 1.165) is 32.8 Å². The van der Waals surface area contributed by atoms with Crippen molar-refractivity contribution in [1.29, 1.82) is 0 Å². The van der Waals surface area contributed by atoms with E-state index in [4.69, 9.17) is 9.15 Å². The maximum absolute atomic E-state index is 11.8. The average molecular weight is 318 g/mol. The number of piperidine rings is 1. The maximum Gasteiger partial charge on any atom is 0.244 e. The van der Waals surface area contributed by atoms with Gasteiger partial charge >= 0.3 is 0 Å². The van der Waals surface area contributed by atoms with Crippen molar-refractivity contribution in [3.8, 4) is 0 Å². The molecule has 1 aromatic rings. The molecular weight excluding hydrogens is 292 g/mol. The highest BCUT2D eigenvalue weighted by Crippen LogP contribution is 2.22. The first-order valence-electron chi connectivity index (χ1n) is 8.62. The number of carbonyl (C=O) groups is 1. The van der Waals surface area contributed by atoms with E-state index in [1.54, 1.807) is 12.3 Å². The Labute approximate surface area is 137 Å². The van der Waals surface area contributed by atoms with Crippen LogP contribution in [0.3, 0.4) is 0 Å². The molecule has 1 amide bonds. The molecule has 2 fully saturated rings. The third kappa shape index (κ3) is 4.94. The molecule has 2 aliphatic heterocycles. The summed E-state index contributed by atoms with van der Waals surface area (Å²) >= 11 is 0. The third-order valence-corrected chi connectivity index (χ3v) is 4.86. The first kappa shape index (κ1) is 16.3. The SMILES string of the molecule is O=C(/C=C/c1ccco1)NCC1CCN(C2CCOCC2)CC1. The molecule has 1 aromatic heterocycles. The highest BCUT2D eigenvalue weighted by atomic mass is 16.5. The lowest BCUT2D eigenvalue weighted by Crippen LogP contribution is -2.45. The summed E-state index contributed by atoms with van der Waals surface area (Å²) in [5.74, 6) is 1.24. The van der Waals surface area contributed by atoms with Gasteiger partial charge in [-0.25, -0.2) is 0 Å². The summed E-state index contributed by atoms with van der Waals surface area (Å²) < 4.78 is 10.6. The van der Waals surface area contributed by atoms with E-state index >= 15 is 0 Å². The van der Waals surface area contributed by atoms with Crippen LogP contribution in [0.15, 0.2) is 28.9 Å². The van der Waals surface area contributed by atoms with Gasteiger partial charge in [0.2, 0.25) is 5.91 Å². The van der Waals surface area contributed by atoms with Crippen LogP contribution in [-0.2, 0) is 9.53 Å². The topological polar surface area (TPSA) is 54.7 Å². The third-order valence-electron chi connectivity index (χ3n) is 4.86. The van der Waals surface area contributed by atoms with Gasteiger partial charge in [0.1, 0.15) is 5.76 Å². The van der Waals surface area contributed by atoms with Crippen LogP contribution in [0.25, 0.3) is 6.08 Å². The van der Waals surface area contributed by atoms with Gasteiger partial charge in [-0.3, -0.25) is 4.79 Å². The van der Waals surface area contributed by atoms with Crippen LogP contribution in [0, 0.1) is 5.92 Å². The Balaban J connectivity index is 1.35. The zero-order valence-electron chi connectivity index (χ0n) is 13.6. The molecule has 5 heteroatoms. The van der Waals surface area contributed by atoms with Gasteiger partial charge < -0.3 is 19.4 Å². The van der Waals surface area contributed by atoms with Crippen LogP contribution >= 0.6 is 0 Å². The summed E-state index contributed by atoms with van der Waals surface area (Å²) in [7, 11) is 0. The first-order chi connectivity index (χ1) is 11.3. The van der Waals surface area contributed by atoms with E-state index in [1.807, 2.05) is 12.1 Å². The fourth-order valence-corrected chi connectivity index (χ4v) is 3.42. The van der Waals surface area contributed by atoms with Crippen LogP contribution in [0.1, 0.15) is 31.4 Å². The fraction of sp³-hybridized carbons (Fsp3) is 0.611. The van der Waals surface area contributed by atoms with E-state index in [0.29, 0.717) is 17.7 Å². The second-order valence-electron chi connectivity index (χ2n) is 6.42. The Kier molecular flexibility index (Phi) is 5.88. The predicted molar refractivity (Wildman–Crippen MR) is 88.9 cm³/mol. The van der Waals surface area contributed by atoms with Gasteiger partial charge in [0.05, 0.1) is 6.26 Å². The summed E-state index contributed by atoms with van der Waals surface area (Å²) in [4.78, 5) is 14.4. The molecule has 2 saturated heterocycles. The van der Waals surface area contributed by atoms with Crippen LogP contribution in [0.4, 0.5) is 0 Å². The molecule has 2 aliphatic rings. The molecule has 3 heterocycles.